The van der Waals surface area contributed by atoms with E-state index >= 15 is 0 Å². The first kappa shape index (κ1) is 22.0. The van der Waals surface area contributed by atoms with E-state index in [1.807, 2.05) is 13.0 Å². The molecule has 168 valence electrons. The lowest BCUT2D eigenvalue weighted by atomic mass is 9.94. The van der Waals surface area contributed by atoms with E-state index in [1.54, 1.807) is 48.5 Å². The second-order valence-electron chi connectivity index (χ2n) is 7.67. The number of methoxy groups -OCH3 is 2. The van der Waals surface area contributed by atoms with Crippen LogP contribution in [0.1, 0.15) is 22.7 Å². The van der Waals surface area contributed by atoms with Crippen molar-refractivity contribution in [2.24, 2.45) is 0 Å². The Bertz CT molecular complexity index is 1280. The number of amides is 1. The van der Waals surface area contributed by atoms with E-state index in [9.17, 15) is 19.8 Å². The van der Waals surface area contributed by atoms with Gasteiger partial charge in [-0.3, -0.25) is 14.5 Å². The molecule has 33 heavy (non-hydrogen) atoms. The highest BCUT2D eigenvalue weighted by Crippen LogP contribution is 2.44. The van der Waals surface area contributed by atoms with Gasteiger partial charge < -0.3 is 19.7 Å². The lowest BCUT2D eigenvalue weighted by molar-refractivity contribution is -0.132. The molecule has 0 spiro atoms. The summed E-state index contributed by atoms with van der Waals surface area (Å²) in [7, 11) is 2.94. The molecular weight excluding hydrogens is 422 g/mol. The molecule has 1 fully saturated rings. The van der Waals surface area contributed by atoms with Gasteiger partial charge in [0, 0.05) is 11.8 Å². The van der Waals surface area contributed by atoms with Gasteiger partial charge in [-0.15, -0.1) is 0 Å². The van der Waals surface area contributed by atoms with Crippen LogP contribution in [0.3, 0.4) is 0 Å². The number of Topliss-reactive ketones (excluding diaryl/α,β-unsaturated/α-hetero) is 1. The molecule has 0 bridgehead atoms. The van der Waals surface area contributed by atoms with Crippen LogP contribution in [-0.4, -0.2) is 36.1 Å². The smallest absolute Gasteiger partial charge is 0.300 e. The van der Waals surface area contributed by atoms with Gasteiger partial charge in [0.2, 0.25) is 0 Å². The highest BCUT2D eigenvalue weighted by molar-refractivity contribution is 6.51. The summed E-state index contributed by atoms with van der Waals surface area (Å²) in [6, 6.07) is 17.3. The number of aryl methyl sites for hydroxylation is 1. The quantitative estimate of drug-likeness (QED) is 0.345. The average molecular weight is 445 g/mol. The maximum Gasteiger partial charge on any atom is 0.300 e. The molecule has 0 aliphatic carbocycles. The third-order valence-electron chi connectivity index (χ3n) is 5.57. The lowest BCUT2D eigenvalue weighted by Gasteiger charge is -2.26. The predicted molar refractivity (Wildman–Crippen MR) is 124 cm³/mol. The Balaban J connectivity index is 1.98. The Morgan fingerprint density at radius 1 is 0.939 bits per heavy atom. The molecule has 1 amide bonds. The number of hydrogen-bond acceptors (Lipinski definition) is 6. The summed E-state index contributed by atoms with van der Waals surface area (Å²) in [6.45, 7) is 1.88. The van der Waals surface area contributed by atoms with Crippen LogP contribution in [0.2, 0.25) is 0 Å². The number of nitrogens with zero attached hydrogens (tertiary/aromatic N) is 1. The van der Waals surface area contributed by atoms with Crippen LogP contribution in [0, 0.1) is 6.92 Å². The van der Waals surface area contributed by atoms with Crippen molar-refractivity contribution in [2.75, 3.05) is 19.1 Å². The van der Waals surface area contributed by atoms with E-state index in [0.29, 0.717) is 17.0 Å². The van der Waals surface area contributed by atoms with Crippen molar-refractivity contribution < 1.29 is 29.3 Å². The van der Waals surface area contributed by atoms with Gasteiger partial charge in [-0.2, -0.15) is 0 Å². The van der Waals surface area contributed by atoms with E-state index in [-0.39, 0.29) is 28.4 Å². The number of carbonyl (C=O) groups is 2. The molecule has 4 rings (SSSR count). The van der Waals surface area contributed by atoms with Crippen molar-refractivity contribution in [1.82, 2.24) is 0 Å². The fourth-order valence-corrected chi connectivity index (χ4v) is 4.03. The molecule has 0 saturated carbocycles. The number of hydrogen-bond donors (Lipinski definition) is 2. The zero-order chi connectivity index (χ0) is 23.7. The largest absolute Gasteiger partial charge is 0.508 e. The number of ketones is 1. The van der Waals surface area contributed by atoms with Crippen molar-refractivity contribution in [2.45, 2.75) is 13.0 Å². The number of carbonyl (C=O) groups excluding carboxylic acids is 2. The molecular formula is C26H23NO6. The van der Waals surface area contributed by atoms with E-state index in [0.717, 1.165) is 5.56 Å². The lowest BCUT2D eigenvalue weighted by Crippen LogP contribution is -2.29. The van der Waals surface area contributed by atoms with Crippen molar-refractivity contribution in [3.8, 4) is 17.2 Å². The molecule has 3 aromatic carbocycles. The summed E-state index contributed by atoms with van der Waals surface area (Å²) in [4.78, 5) is 27.8. The number of anilines is 1. The highest BCUT2D eigenvalue weighted by Gasteiger charge is 2.47. The second-order valence-corrected chi connectivity index (χ2v) is 7.67. The maximum absolute atomic E-state index is 13.2. The van der Waals surface area contributed by atoms with Crippen LogP contribution in [0.15, 0.2) is 72.3 Å². The van der Waals surface area contributed by atoms with Crippen LogP contribution in [0.4, 0.5) is 5.69 Å². The standard InChI is InChI=1S/C26H23NO6/c1-15-6-4-8-17(12-15)27-23(16-7-5-9-18(28)13-16)22(25(30)26(27)31)24(29)20-11-10-19(32-2)14-21(20)33-3/h4-14,23,28-29H,1-3H3/b24-22-. The summed E-state index contributed by atoms with van der Waals surface area (Å²) in [5.74, 6) is -1.22. The Morgan fingerprint density at radius 3 is 2.36 bits per heavy atom. The van der Waals surface area contributed by atoms with E-state index in [4.69, 9.17) is 9.47 Å². The molecule has 0 aromatic heterocycles. The first-order valence-corrected chi connectivity index (χ1v) is 10.2. The van der Waals surface area contributed by atoms with Crippen LogP contribution in [-0.2, 0) is 9.59 Å². The summed E-state index contributed by atoms with van der Waals surface area (Å²) in [5.41, 5.74) is 2.03. The minimum absolute atomic E-state index is 0.0237. The van der Waals surface area contributed by atoms with Crippen molar-refractivity contribution >= 4 is 23.1 Å². The van der Waals surface area contributed by atoms with Gasteiger partial charge in [0.05, 0.1) is 31.4 Å². The minimum atomic E-state index is -0.953. The monoisotopic (exact) mass is 445 g/mol. The molecule has 7 nitrogen and oxygen atoms in total. The van der Waals surface area contributed by atoms with Gasteiger partial charge in [0.25, 0.3) is 11.7 Å². The normalized spacial score (nSPS) is 17.3. The topological polar surface area (TPSA) is 96.3 Å². The van der Waals surface area contributed by atoms with Gasteiger partial charge in [-0.05, 0) is 54.4 Å². The van der Waals surface area contributed by atoms with Gasteiger partial charge in [-0.1, -0.05) is 24.3 Å². The molecule has 3 aromatic rings. The third-order valence-corrected chi connectivity index (χ3v) is 5.57. The number of aromatic hydroxyl groups is 1. The van der Waals surface area contributed by atoms with Crippen LogP contribution < -0.4 is 14.4 Å². The van der Waals surface area contributed by atoms with Gasteiger partial charge in [-0.25, -0.2) is 0 Å². The molecule has 1 saturated heterocycles. The Kier molecular flexibility index (Phi) is 5.79. The zero-order valence-electron chi connectivity index (χ0n) is 18.4. The molecule has 7 heteroatoms. The molecule has 0 radical (unpaired) electrons. The first-order chi connectivity index (χ1) is 15.8. The summed E-state index contributed by atoms with van der Waals surface area (Å²) < 4.78 is 10.6. The number of benzene rings is 3. The second kappa shape index (κ2) is 8.70. The molecule has 1 aliphatic rings. The average Bonchev–Trinajstić information content (AvgIpc) is 3.08. The fraction of sp³-hybridized carbons (Fsp3) is 0.154. The van der Waals surface area contributed by atoms with Gasteiger partial charge >= 0.3 is 0 Å². The molecule has 1 heterocycles. The summed E-state index contributed by atoms with van der Waals surface area (Å²) in [6.07, 6.45) is 0. The van der Waals surface area contributed by atoms with E-state index in [1.165, 1.54) is 31.3 Å². The molecule has 1 unspecified atom stereocenters. The molecule has 1 aliphatic heterocycles. The Labute approximate surface area is 191 Å². The number of rotatable bonds is 5. The SMILES string of the molecule is COc1ccc(/C(O)=C2/C(=O)C(=O)N(c3cccc(C)c3)C2c2cccc(O)c2)c(OC)c1. The summed E-state index contributed by atoms with van der Waals surface area (Å²) in [5, 5.41) is 21.4. The van der Waals surface area contributed by atoms with Crippen LogP contribution in [0.25, 0.3) is 5.76 Å². The molecule has 1 atom stereocenters. The highest BCUT2D eigenvalue weighted by atomic mass is 16.5. The van der Waals surface area contributed by atoms with Crippen LogP contribution in [0.5, 0.6) is 17.2 Å². The number of phenolic OH excluding ortho intramolecular Hbond substituents is 1. The van der Waals surface area contributed by atoms with Crippen molar-refractivity contribution in [3.05, 3.63) is 89.0 Å². The van der Waals surface area contributed by atoms with Gasteiger partial charge in [0.1, 0.15) is 23.0 Å². The zero-order valence-corrected chi connectivity index (χ0v) is 18.4. The van der Waals surface area contributed by atoms with Crippen molar-refractivity contribution in [3.63, 3.8) is 0 Å². The van der Waals surface area contributed by atoms with Crippen molar-refractivity contribution in [1.29, 1.82) is 0 Å². The number of phenols is 1. The Morgan fingerprint density at radius 2 is 1.70 bits per heavy atom. The third kappa shape index (κ3) is 3.89. The number of ether oxygens (including phenoxy) is 2. The Hall–Kier alpha value is -4.26. The summed E-state index contributed by atoms with van der Waals surface area (Å²) >= 11 is 0. The predicted octanol–water partition coefficient (Wildman–Crippen LogP) is 4.34. The molecule has 2 N–H and O–H groups in total. The number of aliphatic hydroxyl groups is 1. The van der Waals surface area contributed by atoms with Gasteiger partial charge in [0.15, 0.2) is 0 Å². The van der Waals surface area contributed by atoms with E-state index < -0.39 is 17.7 Å². The number of aliphatic hydroxyl groups excluding tert-OH is 1. The fourth-order valence-electron chi connectivity index (χ4n) is 4.03. The first-order valence-electron chi connectivity index (χ1n) is 10.2. The van der Waals surface area contributed by atoms with Crippen LogP contribution >= 0.6 is 0 Å². The minimum Gasteiger partial charge on any atom is -0.508 e. The maximum atomic E-state index is 13.2. The van der Waals surface area contributed by atoms with E-state index in [2.05, 4.69) is 0 Å².